The lowest BCUT2D eigenvalue weighted by Crippen LogP contribution is -2.04. The molecule has 188 valence electrons. The van der Waals surface area contributed by atoms with Crippen molar-refractivity contribution in [3.63, 3.8) is 0 Å². The fourth-order valence-corrected chi connectivity index (χ4v) is 3.38. The Hall–Kier alpha value is -5.92. The highest BCUT2D eigenvalue weighted by atomic mass is 15.3. The van der Waals surface area contributed by atoms with Crippen molar-refractivity contribution < 1.29 is 0 Å². The predicted molar refractivity (Wildman–Crippen MR) is 142 cm³/mol. The first-order valence-corrected chi connectivity index (χ1v) is 11.2. The fraction of sp³-hybridized carbons (Fsp3) is 0. The van der Waals surface area contributed by atoms with Crippen molar-refractivity contribution in [2.45, 2.75) is 0 Å². The van der Waals surface area contributed by atoms with Gasteiger partial charge in [0.1, 0.15) is 11.4 Å². The van der Waals surface area contributed by atoms with Crippen molar-refractivity contribution in [2.75, 3.05) is 22.9 Å². The number of benzene rings is 2. The second-order valence-corrected chi connectivity index (χ2v) is 7.71. The molecule has 14 nitrogen and oxygen atoms in total. The summed E-state index contributed by atoms with van der Waals surface area (Å²) in [6, 6.07) is 23.0. The minimum Gasteiger partial charge on any atom is -0.368 e. The van der Waals surface area contributed by atoms with Gasteiger partial charge in [-0.3, -0.25) is 0 Å². The van der Waals surface area contributed by atoms with E-state index >= 15 is 0 Å². The van der Waals surface area contributed by atoms with E-state index in [1.165, 1.54) is 0 Å². The van der Waals surface area contributed by atoms with Crippen LogP contribution in [0.5, 0.6) is 0 Å². The van der Waals surface area contributed by atoms with Gasteiger partial charge in [-0.15, -0.1) is 0 Å². The summed E-state index contributed by atoms with van der Waals surface area (Å²) in [6.07, 6.45) is 3.64. The molecule has 0 aliphatic rings. The van der Waals surface area contributed by atoms with Crippen LogP contribution in [0.25, 0.3) is 34.4 Å². The molecule has 0 saturated carbocycles. The maximum absolute atomic E-state index is 5.54. The molecule has 0 unspecified atom stereocenters. The van der Waals surface area contributed by atoms with Crippen LogP contribution in [0, 0.1) is 0 Å². The second-order valence-electron chi connectivity index (χ2n) is 7.71. The molecule has 0 spiro atoms. The van der Waals surface area contributed by atoms with Crippen molar-refractivity contribution in [3.8, 4) is 34.4 Å². The largest absolute Gasteiger partial charge is 0.368 e. The van der Waals surface area contributed by atoms with Crippen molar-refractivity contribution in [2.24, 2.45) is 0 Å². The van der Waals surface area contributed by atoms with Gasteiger partial charge in [-0.1, -0.05) is 36.4 Å². The molecule has 2 aromatic carbocycles. The number of rotatable bonds is 4. The molecular weight excluding hydrogens is 484 g/mol. The lowest BCUT2D eigenvalue weighted by molar-refractivity contribution is 0.878. The van der Waals surface area contributed by atoms with E-state index < -0.39 is 0 Å². The van der Waals surface area contributed by atoms with E-state index in [0.29, 0.717) is 23.0 Å². The fourth-order valence-electron chi connectivity index (χ4n) is 3.38. The molecule has 0 aliphatic carbocycles. The molecule has 4 heterocycles. The Bertz CT molecular complexity index is 1490. The maximum atomic E-state index is 5.54. The average Bonchev–Trinajstić information content (AvgIpc) is 3.60. The molecule has 4 aromatic heterocycles. The summed E-state index contributed by atoms with van der Waals surface area (Å²) in [6.45, 7) is 0. The highest BCUT2D eigenvalue weighted by molar-refractivity contribution is 5.53. The van der Waals surface area contributed by atoms with Crippen LogP contribution in [0.2, 0.25) is 0 Å². The van der Waals surface area contributed by atoms with Crippen LogP contribution in [0.1, 0.15) is 0 Å². The molecule has 0 aliphatic heterocycles. The van der Waals surface area contributed by atoms with E-state index in [1.54, 1.807) is 21.5 Å². The molecule has 0 saturated heterocycles. The second kappa shape index (κ2) is 10.4. The molecule has 38 heavy (non-hydrogen) atoms. The standard InChI is InChI=1S/2C12H11N7/c2*13-11-15-10(16-12(14)17-11)9-6-7-19(18-9)8-4-2-1-3-5-8/h2*1-7H,(H4,13,14,15,16,17). The van der Waals surface area contributed by atoms with Crippen molar-refractivity contribution in [1.82, 2.24) is 49.5 Å². The van der Waals surface area contributed by atoms with Crippen LogP contribution < -0.4 is 22.9 Å². The van der Waals surface area contributed by atoms with Gasteiger partial charge in [0.25, 0.3) is 0 Å². The van der Waals surface area contributed by atoms with Crippen molar-refractivity contribution in [1.29, 1.82) is 0 Å². The zero-order chi connectivity index (χ0) is 26.5. The van der Waals surface area contributed by atoms with Crippen LogP contribution in [-0.4, -0.2) is 49.5 Å². The van der Waals surface area contributed by atoms with Gasteiger partial charge in [-0.05, 0) is 36.4 Å². The number of hydrogen-bond acceptors (Lipinski definition) is 12. The summed E-state index contributed by atoms with van der Waals surface area (Å²) < 4.78 is 3.46. The van der Waals surface area contributed by atoms with Crippen molar-refractivity contribution >= 4 is 23.8 Å². The first-order chi connectivity index (χ1) is 18.4. The molecule has 0 amide bonds. The summed E-state index contributed by atoms with van der Waals surface area (Å²) in [5.74, 6) is 1.04. The Morgan fingerprint density at radius 3 is 1.11 bits per heavy atom. The smallest absolute Gasteiger partial charge is 0.225 e. The van der Waals surface area contributed by atoms with Crippen LogP contribution in [0.4, 0.5) is 23.8 Å². The highest BCUT2D eigenvalue weighted by Gasteiger charge is 2.10. The van der Waals surface area contributed by atoms with Gasteiger partial charge in [0.2, 0.25) is 23.8 Å². The van der Waals surface area contributed by atoms with Crippen LogP contribution >= 0.6 is 0 Å². The Labute approximate surface area is 216 Å². The summed E-state index contributed by atoms with van der Waals surface area (Å²) in [4.78, 5) is 23.5. The average molecular weight is 507 g/mol. The Kier molecular flexibility index (Phi) is 6.49. The monoisotopic (exact) mass is 506 g/mol. The first kappa shape index (κ1) is 23.8. The third kappa shape index (κ3) is 5.49. The van der Waals surface area contributed by atoms with E-state index in [4.69, 9.17) is 22.9 Å². The minimum absolute atomic E-state index is 0.0803. The van der Waals surface area contributed by atoms with Gasteiger partial charge in [0.05, 0.1) is 11.4 Å². The van der Waals surface area contributed by atoms with Crippen molar-refractivity contribution in [3.05, 3.63) is 85.2 Å². The number of para-hydroxylation sites is 2. The van der Waals surface area contributed by atoms with Gasteiger partial charge in [0.15, 0.2) is 11.6 Å². The van der Waals surface area contributed by atoms with Gasteiger partial charge in [-0.25, -0.2) is 9.36 Å². The van der Waals surface area contributed by atoms with E-state index in [2.05, 4.69) is 40.1 Å². The molecule has 0 atom stereocenters. The molecule has 6 rings (SSSR count). The molecule has 8 N–H and O–H groups in total. The predicted octanol–water partition coefficient (Wildman–Crippen LogP) is 1.78. The molecule has 6 aromatic rings. The quantitative estimate of drug-likeness (QED) is 0.269. The number of hydrogen-bond donors (Lipinski definition) is 4. The molecule has 14 heteroatoms. The zero-order valence-electron chi connectivity index (χ0n) is 19.9. The summed E-state index contributed by atoms with van der Waals surface area (Å²) in [5, 5.41) is 8.77. The van der Waals surface area contributed by atoms with Crippen LogP contribution in [0.15, 0.2) is 85.2 Å². The first-order valence-electron chi connectivity index (χ1n) is 11.2. The Morgan fingerprint density at radius 1 is 0.421 bits per heavy atom. The number of nitrogens with zero attached hydrogens (tertiary/aromatic N) is 10. The molecule has 0 bridgehead atoms. The van der Waals surface area contributed by atoms with Gasteiger partial charge in [-0.2, -0.15) is 40.1 Å². The van der Waals surface area contributed by atoms with E-state index in [-0.39, 0.29) is 23.8 Å². The highest BCUT2D eigenvalue weighted by Crippen LogP contribution is 2.17. The van der Waals surface area contributed by atoms with E-state index in [1.807, 2.05) is 73.1 Å². The lowest BCUT2D eigenvalue weighted by Gasteiger charge is -2.00. The third-order valence-electron chi connectivity index (χ3n) is 5.02. The lowest BCUT2D eigenvalue weighted by atomic mass is 10.3. The van der Waals surface area contributed by atoms with Gasteiger partial charge < -0.3 is 22.9 Å². The number of nitrogen functional groups attached to an aromatic ring is 4. The van der Waals surface area contributed by atoms with E-state index in [9.17, 15) is 0 Å². The number of aromatic nitrogens is 10. The topological polar surface area (TPSA) is 217 Å². The third-order valence-corrected chi connectivity index (χ3v) is 5.02. The van der Waals surface area contributed by atoms with E-state index in [0.717, 1.165) is 11.4 Å². The van der Waals surface area contributed by atoms with Gasteiger partial charge in [0, 0.05) is 12.4 Å². The number of nitrogens with two attached hydrogens (primary N) is 4. The molecule has 0 radical (unpaired) electrons. The zero-order valence-corrected chi connectivity index (χ0v) is 19.9. The van der Waals surface area contributed by atoms with Gasteiger partial charge >= 0.3 is 0 Å². The molecule has 0 fully saturated rings. The Balaban J connectivity index is 0.000000155. The van der Waals surface area contributed by atoms with Crippen LogP contribution in [0.3, 0.4) is 0 Å². The minimum atomic E-state index is 0.0803. The van der Waals surface area contributed by atoms with Crippen LogP contribution in [-0.2, 0) is 0 Å². The molecular formula is C24H22N14. The normalized spacial score (nSPS) is 10.5. The summed E-state index contributed by atoms with van der Waals surface area (Å²) >= 11 is 0. The summed E-state index contributed by atoms with van der Waals surface area (Å²) in [5.41, 5.74) is 25.2. The number of anilines is 4. The Morgan fingerprint density at radius 2 is 0.763 bits per heavy atom. The SMILES string of the molecule is Nc1nc(N)nc(-c2ccn(-c3ccccc3)n2)n1.Nc1nc(N)nc(-c2ccn(-c3ccccc3)n2)n1. The maximum Gasteiger partial charge on any atom is 0.225 e. The summed E-state index contributed by atoms with van der Waals surface area (Å²) in [7, 11) is 0.